The summed E-state index contributed by atoms with van der Waals surface area (Å²) in [6.07, 6.45) is 2.75. The molecule has 1 aliphatic rings. The fourth-order valence-corrected chi connectivity index (χ4v) is 3.37. The molecule has 1 fully saturated rings. The molecule has 0 radical (unpaired) electrons. The van der Waals surface area contributed by atoms with E-state index in [2.05, 4.69) is 0 Å². The van der Waals surface area contributed by atoms with E-state index in [1.165, 1.54) is 0 Å². The highest BCUT2D eigenvalue weighted by Crippen LogP contribution is 2.40. The van der Waals surface area contributed by atoms with Gasteiger partial charge in [0.2, 0.25) is 0 Å². The first kappa shape index (κ1) is 16.3. The number of hydrogen-bond donors (Lipinski definition) is 0. The molecule has 0 aliphatic heterocycles. The van der Waals surface area contributed by atoms with Crippen molar-refractivity contribution in [2.75, 3.05) is 6.61 Å². The molecule has 114 valence electrons. The topological polar surface area (TPSA) is 43.4 Å². The zero-order valence-corrected chi connectivity index (χ0v) is 13.5. The summed E-state index contributed by atoms with van der Waals surface area (Å²) in [7, 11) is 0. The third-order valence-corrected chi connectivity index (χ3v) is 4.71. The predicted octanol–water partition coefficient (Wildman–Crippen LogP) is 4.23. The Morgan fingerprint density at radius 1 is 1.29 bits per heavy atom. The fourth-order valence-electron chi connectivity index (χ4n) is 2.84. The highest BCUT2D eigenvalue weighted by atomic mass is 35.5. The summed E-state index contributed by atoms with van der Waals surface area (Å²) in [5.41, 5.74) is -0.493. The summed E-state index contributed by atoms with van der Waals surface area (Å²) in [6.45, 7) is 1.99. The Labute approximate surface area is 134 Å². The van der Waals surface area contributed by atoms with Gasteiger partial charge in [0, 0.05) is 16.5 Å². The van der Waals surface area contributed by atoms with E-state index in [0.717, 1.165) is 12.8 Å². The Morgan fingerprint density at radius 2 is 1.95 bits per heavy atom. The number of Topliss-reactive ketones (excluding diaryl/α,β-unsaturated/α-hetero) is 1. The van der Waals surface area contributed by atoms with Crippen molar-refractivity contribution in [3.8, 4) is 0 Å². The van der Waals surface area contributed by atoms with Crippen LogP contribution in [0.4, 0.5) is 0 Å². The molecular weight excluding hydrogens is 311 g/mol. The number of rotatable bonds is 4. The minimum atomic E-state index is -1.14. The molecule has 1 atom stereocenters. The molecule has 0 spiro atoms. The number of esters is 1. The number of carbonyl (C=O) groups is 2. The van der Waals surface area contributed by atoms with E-state index in [1.807, 2.05) is 0 Å². The van der Waals surface area contributed by atoms with Crippen LogP contribution >= 0.6 is 23.2 Å². The molecule has 0 heterocycles. The van der Waals surface area contributed by atoms with E-state index >= 15 is 0 Å². The summed E-state index contributed by atoms with van der Waals surface area (Å²) in [5, 5.41) is 0.953. The van der Waals surface area contributed by atoms with Crippen molar-refractivity contribution < 1.29 is 14.3 Å². The summed E-state index contributed by atoms with van der Waals surface area (Å²) < 4.78 is 5.16. The molecule has 2 rings (SSSR count). The van der Waals surface area contributed by atoms with Crippen LogP contribution in [0, 0.1) is 5.41 Å². The van der Waals surface area contributed by atoms with Crippen LogP contribution in [0.15, 0.2) is 18.2 Å². The number of benzene rings is 1. The maximum Gasteiger partial charge on any atom is 0.319 e. The first-order valence-electron chi connectivity index (χ1n) is 7.14. The van der Waals surface area contributed by atoms with Crippen molar-refractivity contribution in [1.82, 2.24) is 0 Å². The fraction of sp³-hybridized carbons (Fsp3) is 0.500. The van der Waals surface area contributed by atoms with Gasteiger partial charge < -0.3 is 4.74 Å². The van der Waals surface area contributed by atoms with Crippen LogP contribution in [-0.2, 0) is 20.7 Å². The molecule has 1 aromatic rings. The van der Waals surface area contributed by atoms with Crippen LogP contribution in [0.3, 0.4) is 0 Å². The lowest BCUT2D eigenvalue weighted by molar-refractivity contribution is -0.162. The van der Waals surface area contributed by atoms with E-state index in [4.69, 9.17) is 27.9 Å². The second kappa shape index (κ2) is 6.80. The number of ketones is 1. The number of hydrogen-bond acceptors (Lipinski definition) is 3. The molecular formula is C16H18Cl2O3. The molecule has 0 bridgehead atoms. The summed E-state index contributed by atoms with van der Waals surface area (Å²) in [4.78, 5) is 24.9. The lowest BCUT2D eigenvalue weighted by Crippen LogP contribution is -2.44. The second-order valence-corrected chi connectivity index (χ2v) is 6.12. The van der Waals surface area contributed by atoms with Crippen molar-refractivity contribution in [3.63, 3.8) is 0 Å². The first-order valence-corrected chi connectivity index (χ1v) is 7.90. The van der Waals surface area contributed by atoms with Gasteiger partial charge in [0.25, 0.3) is 0 Å². The maximum atomic E-state index is 12.5. The van der Waals surface area contributed by atoms with Crippen molar-refractivity contribution in [3.05, 3.63) is 33.8 Å². The van der Waals surface area contributed by atoms with Crippen molar-refractivity contribution in [2.24, 2.45) is 5.41 Å². The summed E-state index contributed by atoms with van der Waals surface area (Å²) in [6, 6.07) is 5.18. The van der Waals surface area contributed by atoms with Crippen LogP contribution in [0.5, 0.6) is 0 Å². The summed E-state index contributed by atoms with van der Waals surface area (Å²) in [5.74, 6) is -0.520. The second-order valence-electron chi connectivity index (χ2n) is 5.31. The van der Waals surface area contributed by atoms with Crippen molar-refractivity contribution in [2.45, 2.75) is 39.0 Å². The average molecular weight is 329 g/mol. The Bertz CT molecular complexity index is 536. The van der Waals surface area contributed by atoms with Crippen molar-refractivity contribution in [1.29, 1.82) is 0 Å². The quantitative estimate of drug-likeness (QED) is 0.613. The average Bonchev–Trinajstić information content (AvgIpc) is 2.45. The molecule has 1 aromatic carbocycles. The molecule has 21 heavy (non-hydrogen) atoms. The lowest BCUT2D eigenvalue weighted by Gasteiger charge is -2.33. The Balaban J connectivity index is 2.41. The Kier molecular flexibility index (Phi) is 5.28. The molecule has 1 aliphatic carbocycles. The standard InChI is InChI=1S/C16H18Cl2O3/c1-2-21-15(20)16(9-4-3-8-14(16)19)10-11-12(17)6-5-7-13(11)18/h5-7H,2-4,8-10H2,1H3. The third-order valence-electron chi connectivity index (χ3n) is 4.00. The van der Waals surface area contributed by atoms with Crippen LogP contribution in [0.2, 0.25) is 10.0 Å². The van der Waals surface area contributed by atoms with Gasteiger partial charge in [-0.05, 0) is 43.9 Å². The van der Waals surface area contributed by atoms with Gasteiger partial charge in [-0.25, -0.2) is 0 Å². The van der Waals surface area contributed by atoms with Gasteiger partial charge in [0.15, 0.2) is 5.78 Å². The minimum absolute atomic E-state index is 0.0665. The van der Waals surface area contributed by atoms with E-state index in [9.17, 15) is 9.59 Å². The zero-order valence-electron chi connectivity index (χ0n) is 12.0. The number of ether oxygens (including phenoxy) is 1. The number of carbonyl (C=O) groups excluding carboxylic acids is 2. The van der Waals surface area contributed by atoms with Gasteiger partial charge in [0.05, 0.1) is 6.61 Å². The van der Waals surface area contributed by atoms with Gasteiger partial charge in [-0.15, -0.1) is 0 Å². The van der Waals surface area contributed by atoms with Gasteiger partial charge in [-0.1, -0.05) is 35.7 Å². The van der Waals surface area contributed by atoms with Gasteiger partial charge in [0.1, 0.15) is 5.41 Å². The highest BCUT2D eigenvalue weighted by Gasteiger charge is 2.48. The Hall–Kier alpha value is -1.06. The molecule has 0 aromatic heterocycles. The molecule has 0 saturated heterocycles. The number of halogens is 2. The van der Waals surface area contributed by atoms with Crippen molar-refractivity contribution >= 4 is 35.0 Å². The van der Waals surface area contributed by atoms with Gasteiger partial charge in [-0.3, -0.25) is 9.59 Å². The normalized spacial score (nSPS) is 22.1. The van der Waals surface area contributed by atoms with E-state index < -0.39 is 11.4 Å². The van der Waals surface area contributed by atoms with Gasteiger partial charge in [-0.2, -0.15) is 0 Å². The third kappa shape index (κ3) is 3.24. The lowest BCUT2D eigenvalue weighted by atomic mass is 9.69. The Morgan fingerprint density at radius 3 is 2.52 bits per heavy atom. The zero-order chi connectivity index (χ0) is 15.5. The van der Waals surface area contributed by atoms with E-state index in [1.54, 1.807) is 25.1 Å². The van der Waals surface area contributed by atoms with E-state index in [0.29, 0.717) is 28.5 Å². The molecule has 3 nitrogen and oxygen atoms in total. The molecule has 0 N–H and O–H groups in total. The maximum absolute atomic E-state index is 12.5. The minimum Gasteiger partial charge on any atom is -0.465 e. The van der Waals surface area contributed by atoms with Crippen LogP contribution in [0.25, 0.3) is 0 Å². The smallest absolute Gasteiger partial charge is 0.319 e. The predicted molar refractivity (Wildman–Crippen MR) is 82.7 cm³/mol. The molecule has 1 unspecified atom stereocenters. The molecule has 1 saturated carbocycles. The van der Waals surface area contributed by atoms with Crippen LogP contribution in [0.1, 0.15) is 38.2 Å². The largest absolute Gasteiger partial charge is 0.465 e. The molecule has 0 amide bonds. The first-order chi connectivity index (χ1) is 10.0. The summed E-state index contributed by atoms with van der Waals surface area (Å²) >= 11 is 12.4. The highest BCUT2D eigenvalue weighted by molar-refractivity contribution is 6.36. The molecule has 5 heteroatoms. The van der Waals surface area contributed by atoms with Crippen LogP contribution in [-0.4, -0.2) is 18.4 Å². The van der Waals surface area contributed by atoms with Crippen LogP contribution < -0.4 is 0 Å². The monoisotopic (exact) mass is 328 g/mol. The van der Waals surface area contributed by atoms with Gasteiger partial charge >= 0.3 is 5.97 Å². The van der Waals surface area contributed by atoms with E-state index in [-0.39, 0.29) is 18.8 Å². The SMILES string of the molecule is CCOC(=O)C1(Cc2c(Cl)cccc2Cl)CCCCC1=O.